The maximum Gasteiger partial charge on any atom is 0.246 e. The number of carbonyl (C=O) groups excluding carboxylic acids is 2. The summed E-state index contributed by atoms with van der Waals surface area (Å²) in [4.78, 5) is 28.6. The van der Waals surface area contributed by atoms with E-state index in [0.717, 1.165) is 58.3 Å². The summed E-state index contributed by atoms with van der Waals surface area (Å²) in [6, 6.07) is 0. The van der Waals surface area contributed by atoms with Crippen molar-refractivity contribution in [3.63, 3.8) is 0 Å². The van der Waals surface area contributed by atoms with Gasteiger partial charge in [-0.25, -0.2) is 0 Å². The first-order chi connectivity index (χ1) is 10.1. The third-order valence-corrected chi connectivity index (χ3v) is 5.44. The standard InChI is InChI=1S/C17H26N2O2/c1-18-7-9-19(10-8-18)17(21)12-13-5-6-14-3-2-4-16(20)15(14)11-13/h12,14-15H,2-11H2,1H3/b13-12+/t14-,15-/m0/s1. The maximum absolute atomic E-state index is 12.4. The van der Waals surface area contributed by atoms with Gasteiger partial charge in [-0.05, 0) is 45.1 Å². The molecule has 1 saturated heterocycles. The van der Waals surface area contributed by atoms with E-state index in [9.17, 15) is 9.59 Å². The Hall–Kier alpha value is -1.16. The molecule has 4 heteroatoms. The van der Waals surface area contributed by atoms with Crippen molar-refractivity contribution in [3.8, 4) is 0 Å². The van der Waals surface area contributed by atoms with Crippen molar-refractivity contribution < 1.29 is 9.59 Å². The van der Waals surface area contributed by atoms with E-state index in [4.69, 9.17) is 0 Å². The summed E-state index contributed by atoms with van der Waals surface area (Å²) in [5, 5.41) is 0. The third-order valence-electron chi connectivity index (χ3n) is 5.44. The summed E-state index contributed by atoms with van der Waals surface area (Å²) < 4.78 is 0. The minimum atomic E-state index is 0.153. The molecule has 4 nitrogen and oxygen atoms in total. The maximum atomic E-state index is 12.4. The normalized spacial score (nSPS) is 33.1. The number of amides is 1. The molecule has 21 heavy (non-hydrogen) atoms. The van der Waals surface area contributed by atoms with Crippen LogP contribution < -0.4 is 0 Å². The molecule has 1 heterocycles. The highest BCUT2D eigenvalue weighted by Gasteiger charge is 2.35. The fourth-order valence-electron chi connectivity index (χ4n) is 3.99. The molecule has 0 aromatic rings. The molecule has 2 aliphatic carbocycles. The zero-order valence-electron chi connectivity index (χ0n) is 13.0. The van der Waals surface area contributed by atoms with Gasteiger partial charge in [0.2, 0.25) is 5.91 Å². The fraction of sp³-hybridized carbons (Fsp3) is 0.765. The zero-order valence-corrected chi connectivity index (χ0v) is 13.0. The number of hydrogen-bond donors (Lipinski definition) is 0. The summed E-state index contributed by atoms with van der Waals surface area (Å²) in [5.41, 5.74) is 1.20. The number of carbonyl (C=O) groups is 2. The molecule has 1 aliphatic heterocycles. The van der Waals surface area contributed by atoms with Crippen LogP contribution in [0.15, 0.2) is 11.6 Å². The van der Waals surface area contributed by atoms with E-state index in [1.54, 1.807) is 0 Å². The molecule has 116 valence electrons. The highest BCUT2D eigenvalue weighted by molar-refractivity contribution is 5.89. The van der Waals surface area contributed by atoms with Crippen LogP contribution in [-0.2, 0) is 9.59 Å². The topological polar surface area (TPSA) is 40.6 Å². The Morgan fingerprint density at radius 1 is 1.14 bits per heavy atom. The quantitative estimate of drug-likeness (QED) is 0.692. The number of rotatable bonds is 1. The molecular formula is C17H26N2O2. The van der Waals surface area contributed by atoms with Crippen LogP contribution >= 0.6 is 0 Å². The van der Waals surface area contributed by atoms with Crippen LogP contribution in [0, 0.1) is 11.8 Å². The van der Waals surface area contributed by atoms with Gasteiger partial charge in [0.1, 0.15) is 5.78 Å². The Balaban J connectivity index is 1.61. The molecule has 2 saturated carbocycles. The van der Waals surface area contributed by atoms with Gasteiger partial charge in [-0.15, -0.1) is 0 Å². The van der Waals surface area contributed by atoms with Gasteiger partial charge >= 0.3 is 0 Å². The van der Waals surface area contributed by atoms with Crippen LogP contribution in [0.3, 0.4) is 0 Å². The summed E-state index contributed by atoms with van der Waals surface area (Å²) in [6.07, 6.45) is 7.80. The molecule has 0 radical (unpaired) electrons. The van der Waals surface area contributed by atoms with E-state index in [1.165, 1.54) is 12.0 Å². The summed E-state index contributed by atoms with van der Waals surface area (Å²) in [6.45, 7) is 3.56. The highest BCUT2D eigenvalue weighted by atomic mass is 16.2. The van der Waals surface area contributed by atoms with Gasteiger partial charge in [-0.3, -0.25) is 9.59 Å². The van der Waals surface area contributed by atoms with Crippen molar-refractivity contribution >= 4 is 11.7 Å². The minimum Gasteiger partial charge on any atom is -0.337 e. The number of likely N-dealkylation sites (N-methyl/N-ethyl adjacent to an activating group) is 1. The first-order valence-electron chi connectivity index (χ1n) is 8.33. The van der Waals surface area contributed by atoms with E-state index in [-0.39, 0.29) is 11.8 Å². The van der Waals surface area contributed by atoms with E-state index in [2.05, 4.69) is 11.9 Å². The summed E-state index contributed by atoms with van der Waals surface area (Å²) in [7, 11) is 2.09. The molecule has 3 rings (SSSR count). The van der Waals surface area contributed by atoms with E-state index in [1.807, 2.05) is 11.0 Å². The van der Waals surface area contributed by atoms with Gasteiger partial charge in [-0.1, -0.05) is 5.57 Å². The Bertz CT molecular complexity index is 450. The van der Waals surface area contributed by atoms with Crippen molar-refractivity contribution in [3.05, 3.63) is 11.6 Å². The van der Waals surface area contributed by atoms with E-state index in [0.29, 0.717) is 11.7 Å². The first kappa shape index (κ1) is 14.8. The van der Waals surface area contributed by atoms with Gasteiger partial charge in [-0.2, -0.15) is 0 Å². The van der Waals surface area contributed by atoms with Crippen LogP contribution in [-0.4, -0.2) is 54.7 Å². The predicted octanol–water partition coefficient (Wildman–Crippen LogP) is 1.86. The number of allylic oxidation sites excluding steroid dienone is 1. The summed E-state index contributed by atoms with van der Waals surface area (Å²) >= 11 is 0. The van der Waals surface area contributed by atoms with Gasteiger partial charge in [0.25, 0.3) is 0 Å². The second-order valence-electron chi connectivity index (χ2n) is 6.90. The monoisotopic (exact) mass is 290 g/mol. The average Bonchev–Trinajstić information content (AvgIpc) is 2.49. The zero-order chi connectivity index (χ0) is 14.8. The lowest BCUT2D eigenvalue weighted by molar-refractivity contribution is -0.129. The lowest BCUT2D eigenvalue weighted by atomic mass is 9.69. The second kappa shape index (κ2) is 6.30. The molecule has 0 aromatic heterocycles. The third kappa shape index (κ3) is 3.37. The molecule has 3 fully saturated rings. The molecule has 2 atom stereocenters. The Kier molecular flexibility index (Phi) is 4.43. The van der Waals surface area contributed by atoms with Crippen LogP contribution in [0.25, 0.3) is 0 Å². The molecule has 0 bridgehead atoms. The van der Waals surface area contributed by atoms with Gasteiger partial charge in [0.05, 0.1) is 0 Å². The first-order valence-corrected chi connectivity index (χ1v) is 8.33. The van der Waals surface area contributed by atoms with Crippen LogP contribution in [0.2, 0.25) is 0 Å². The number of Topliss-reactive ketones (excluding diaryl/α,β-unsaturated/α-hetero) is 1. The van der Waals surface area contributed by atoms with E-state index >= 15 is 0 Å². The predicted molar refractivity (Wildman–Crippen MR) is 81.8 cm³/mol. The second-order valence-corrected chi connectivity index (χ2v) is 6.90. The smallest absolute Gasteiger partial charge is 0.246 e. The molecule has 0 spiro atoms. The lowest BCUT2D eigenvalue weighted by Gasteiger charge is -2.36. The average molecular weight is 290 g/mol. The van der Waals surface area contributed by atoms with Gasteiger partial charge in [0.15, 0.2) is 0 Å². The van der Waals surface area contributed by atoms with Crippen molar-refractivity contribution in [2.75, 3.05) is 33.2 Å². The van der Waals surface area contributed by atoms with Crippen molar-refractivity contribution in [1.82, 2.24) is 9.80 Å². The van der Waals surface area contributed by atoms with Gasteiger partial charge in [0, 0.05) is 44.6 Å². The molecule has 3 aliphatic rings. The Morgan fingerprint density at radius 2 is 1.90 bits per heavy atom. The van der Waals surface area contributed by atoms with Gasteiger partial charge < -0.3 is 9.80 Å². The van der Waals surface area contributed by atoms with E-state index < -0.39 is 0 Å². The van der Waals surface area contributed by atoms with Crippen LogP contribution in [0.1, 0.15) is 38.5 Å². The number of fused-ring (bicyclic) bond motifs is 1. The van der Waals surface area contributed by atoms with Crippen LogP contribution in [0.5, 0.6) is 0 Å². The van der Waals surface area contributed by atoms with Crippen molar-refractivity contribution in [2.24, 2.45) is 11.8 Å². The number of ketones is 1. The molecule has 0 unspecified atom stereocenters. The fourth-order valence-corrected chi connectivity index (χ4v) is 3.99. The number of hydrogen-bond acceptors (Lipinski definition) is 3. The molecule has 0 aromatic carbocycles. The highest BCUT2D eigenvalue weighted by Crippen LogP contribution is 2.40. The molecule has 0 N–H and O–H groups in total. The molecule has 1 amide bonds. The number of piperazine rings is 1. The summed E-state index contributed by atoms with van der Waals surface area (Å²) in [5.74, 6) is 1.38. The molecular weight excluding hydrogens is 264 g/mol. The lowest BCUT2D eigenvalue weighted by Crippen LogP contribution is -2.46. The Morgan fingerprint density at radius 3 is 2.67 bits per heavy atom. The SMILES string of the molecule is CN1CCN(C(=O)/C=C2\CC[C@@H]3CCCC(=O)[C@H]3C2)CC1. The van der Waals surface area contributed by atoms with Crippen molar-refractivity contribution in [1.29, 1.82) is 0 Å². The van der Waals surface area contributed by atoms with Crippen molar-refractivity contribution in [2.45, 2.75) is 38.5 Å². The number of nitrogens with zero attached hydrogens (tertiary/aromatic N) is 2. The Labute approximate surface area is 127 Å². The largest absolute Gasteiger partial charge is 0.337 e. The van der Waals surface area contributed by atoms with Crippen LogP contribution in [0.4, 0.5) is 0 Å². The minimum absolute atomic E-state index is 0.153.